The maximum absolute atomic E-state index is 5.28. The summed E-state index contributed by atoms with van der Waals surface area (Å²) in [7, 11) is 0. The van der Waals surface area contributed by atoms with Crippen molar-refractivity contribution in [1.29, 1.82) is 0 Å². The first-order valence-electron chi connectivity index (χ1n) is 5.64. The van der Waals surface area contributed by atoms with Crippen LogP contribution in [-0.4, -0.2) is 24.4 Å². The van der Waals surface area contributed by atoms with Gasteiger partial charge in [0.15, 0.2) is 0 Å². The van der Waals surface area contributed by atoms with Gasteiger partial charge in [0.2, 0.25) is 5.13 Å². The van der Waals surface area contributed by atoms with Gasteiger partial charge in [0.1, 0.15) is 0 Å². The number of thiazole rings is 1. The third kappa shape index (κ3) is 2.45. The number of para-hydroxylation sites is 1. The summed E-state index contributed by atoms with van der Waals surface area (Å²) >= 11 is 1.61. The van der Waals surface area contributed by atoms with Crippen LogP contribution >= 0.6 is 11.3 Å². The number of nitrogens with zero attached hydrogens (tertiary/aromatic N) is 2. The lowest BCUT2D eigenvalue weighted by Gasteiger charge is -1.97. The average Bonchev–Trinajstić information content (AvgIpc) is 2.96. The molecule has 0 bridgehead atoms. The first-order chi connectivity index (χ1) is 8.42. The second-order valence-electron chi connectivity index (χ2n) is 4.00. The lowest BCUT2D eigenvalue weighted by atomic mass is 10.1. The molecule has 1 saturated heterocycles. The first-order valence-corrected chi connectivity index (χ1v) is 6.46. The number of nitrogens with one attached hydrogen (secondary N) is 1. The number of hydrogen-bond acceptors (Lipinski definition) is 5. The molecule has 1 aliphatic rings. The van der Waals surface area contributed by atoms with E-state index in [0.29, 0.717) is 5.92 Å². The minimum absolute atomic E-state index is 0.442. The van der Waals surface area contributed by atoms with E-state index < -0.39 is 0 Å². The van der Waals surface area contributed by atoms with Crippen molar-refractivity contribution in [2.45, 2.75) is 6.42 Å². The molecule has 1 aliphatic heterocycles. The Bertz CT molecular complexity index is 498. The standard InChI is InChI=1S/C12H13N3OS/c1-2-4-11-10(3-1)14-12(17-11)15-13-7-9-5-6-16-8-9/h1-4,7,9H,5-6,8H2,(H,14,15). The number of hydrazone groups is 1. The van der Waals surface area contributed by atoms with E-state index in [1.54, 1.807) is 11.3 Å². The van der Waals surface area contributed by atoms with Crippen molar-refractivity contribution in [2.75, 3.05) is 18.6 Å². The van der Waals surface area contributed by atoms with Crippen molar-refractivity contribution in [3.05, 3.63) is 24.3 Å². The molecule has 0 radical (unpaired) electrons. The Labute approximate surface area is 103 Å². The highest BCUT2D eigenvalue weighted by molar-refractivity contribution is 7.22. The summed E-state index contributed by atoms with van der Waals surface area (Å²) in [6, 6.07) is 8.08. The molecule has 4 nitrogen and oxygen atoms in total. The fourth-order valence-electron chi connectivity index (χ4n) is 1.79. The molecular formula is C12H13N3OS. The fourth-order valence-corrected chi connectivity index (χ4v) is 2.60. The van der Waals surface area contributed by atoms with Gasteiger partial charge in [-0.05, 0) is 18.6 Å². The van der Waals surface area contributed by atoms with E-state index in [1.165, 1.54) is 4.70 Å². The second-order valence-corrected chi connectivity index (χ2v) is 5.03. The van der Waals surface area contributed by atoms with E-state index >= 15 is 0 Å². The molecule has 1 N–H and O–H groups in total. The Balaban J connectivity index is 1.68. The molecule has 5 heteroatoms. The summed E-state index contributed by atoms with van der Waals surface area (Å²) in [6.07, 6.45) is 2.98. The lowest BCUT2D eigenvalue weighted by Crippen LogP contribution is -2.02. The van der Waals surface area contributed by atoms with E-state index in [4.69, 9.17) is 4.74 Å². The van der Waals surface area contributed by atoms with Gasteiger partial charge in [-0.3, -0.25) is 5.43 Å². The molecule has 0 spiro atoms. The van der Waals surface area contributed by atoms with Crippen molar-refractivity contribution in [2.24, 2.45) is 11.0 Å². The molecule has 17 heavy (non-hydrogen) atoms. The highest BCUT2D eigenvalue weighted by Crippen LogP contribution is 2.25. The van der Waals surface area contributed by atoms with Gasteiger partial charge in [0, 0.05) is 18.7 Å². The van der Waals surface area contributed by atoms with Crippen LogP contribution in [0.5, 0.6) is 0 Å². The summed E-state index contributed by atoms with van der Waals surface area (Å²) in [5, 5.41) is 5.05. The Morgan fingerprint density at radius 3 is 3.24 bits per heavy atom. The van der Waals surface area contributed by atoms with Gasteiger partial charge in [-0.15, -0.1) is 0 Å². The molecule has 1 aromatic carbocycles. The Kier molecular flexibility index (Phi) is 3.02. The van der Waals surface area contributed by atoms with Crippen LogP contribution in [0.4, 0.5) is 5.13 Å². The molecule has 0 aliphatic carbocycles. The van der Waals surface area contributed by atoms with Crippen molar-refractivity contribution < 1.29 is 4.74 Å². The van der Waals surface area contributed by atoms with Gasteiger partial charge < -0.3 is 4.74 Å². The van der Waals surface area contributed by atoms with Gasteiger partial charge in [-0.1, -0.05) is 23.5 Å². The van der Waals surface area contributed by atoms with Crippen molar-refractivity contribution >= 4 is 32.9 Å². The monoisotopic (exact) mass is 247 g/mol. The van der Waals surface area contributed by atoms with Crippen molar-refractivity contribution in [1.82, 2.24) is 4.98 Å². The van der Waals surface area contributed by atoms with Gasteiger partial charge >= 0.3 is 0 Å². The van der Waals surface area contributed by atoms with E-state index in [9.17, 15) is 0 Å². The van der Waals surface area contributed by atoms with Crippen LogP contribution in [0, 0.1) is 5.92 Å². The molecule has 2 heterocycles. The summed E-state index contributed by atoms with van der Waals surface area (Å²) in [6.45, 7) is 1.63. The van der Waals surface area contributed by atoms with Crippen LogP contribution in [0.1, 0.15) is 6.42 Å². The highest BCUT2D eigenvalue weighted by Gasteiger charge is 2.12. The normalized spacial score (nSPS) is 20.4. The average molecular weight is 247 g/mol. The maximum atomic E-state index is 5.28. The lowest BCUT2D eigenvalue weighted by molar-refractivity contribution is 0.193. The Hall–Kier alpha value is -1.46. The number of hydrogen-bond donors (Lipinski definition) is 1. The third-order valence-electron chi connectivity index (χ3n) is 2.70. The molecule has 1 atom stereocenters. The third-order valence-corrected chi connectivity index (χ3v) is 3.65. The number of rotatable bonds is 3. The Morgan fingerprint density at radius 2 is 2.41 bits per heavy atom. The SMILES string of the molecule is C(=NNc1nc2ccccc2s1)C1CCOC1. The van der Waals surface area contributed by atoms with Gasteiger partial charge in [0.25, 0.3) is 0 Å². The fraction of sp³-hybridized carbons (Fsp3) is 0.333. The zero-order valence-electron chi connectivity index (χ0n) is 9.30. The molecule has 88 valence electrons. The highest BCUT2D eigenvalue weighted by atomic mass is 32.1. The van der Waals surface area contributed by atoms with Gasteiger partial charge in [-0.25, -0.2) is 4.98 Å². The minimum Gasteiger partial charge on any atom is -0.381 e. The van der Waals surface area contributed by atoms with Crippen LogP contribution < -0.4 is 5.43 Å². The molecule has 0 amide bonds. The predicted octanol–water partition coefficient (Wildman–Crippen LogP) is 2.73. The van der Waals surface area contributed by atoms with Crippen molar-refractivity contribution in [3.8, 4) is 0 Å². The van der Waals surface area contributed by atoms with Crippen molar-refractivity contribution in [3.63, 3.8) is 0 Å². The minimum atomic E-state index is 0.442. The van der Waals surface area contributed by atoms with Crippen LogP contribution in [0.25, 0.3) is 10.2 Å². The van der Waals surface area contributed by atoms with E-state index in [-0.39, 0.29) is 0 Å². The van der Waals surface area contributed by atoms with Crippen LogP contribution in [-0.2, 0) is 4.74 Å². The zero-order chi connectivity index (χ0) is 11.5. The number of fused-ring (bicyclic) bond motifs is 1. The number of aromatic nitrogens is 1. The molecule has 1 aromatic heterocycles. The van der Waals surface area contributed by atoms with Crippen LogP contribution in [0.15, 0.2) is 29.4 Å². The van der Waals surface area contributed by atoms with Crippen LogP contribution in [0.2, 0.25) is 0 Å². The molecule has 1 fully saturated rings. The van der Waals surface area contributed by atoms with Gasteiger partial charge in [-0.2, -0.15) is 5.10 Å². The number of anilines is 1. The smallest absolute Gasteiger partial charge is 0.204 e. The van der Waals surface area contributed by atoms with E-state index in [0.717, 1.165) is 30.3 Å². The molecule has 3 rings (SSSR count). The predicted molar refractivity (Wildman–Crippen MR) is 70.7 cm³/mol. The van der Waals surface area contributed by atoms with Crippen LogP contribution in [0.3, 0.4) is 0 Å². The largest absolute Gasteiger partial charge is 0.381 e. The molecule has 1 unspecified atom stereocenters. The van der Waals surface area contributed by atoms with E-state index in [2.05, 4.69) is 21.6 Å². The molecular weight excluding hydrogens is 234 g/mol. The zero-order valence-corrected chi connectivity index (χ0v) is 10.1. The number of ether oxygens (including phenoxy) is 1. The van der Waals surface area contributed by atoms with Gasteiger partial charge in [0.05, 0.1) is 16.8 Å². The summed E-state index contributed by atoms with van der Waals surface area (Å²) in [5.74, 6) is 0.442. The molecule has 2 aromatic rings. The Morgan fingerprint density at radius 1 is 1.47 bits per heavy atom. The first kappa shape index (κ1) is 10.7. The summed E-state index contributed by atoms with van der Waals surface area (Å²) < 4.78 is 6.45. The number of benzene rings is 1. The second kappa shape index (κ2) is 4.81. The molecule has 0 saturated carbocycles. The quantitative estimate of drug-likeness (QED) is 0.670. The summed E-state index contributed by atoms with van der Waals surface area (Å²) in [5.41, 5.74) is 4.00. The maximum Gasteiger partial charge on any atom is 0.204 e. The summed E-state index contributed by atoms with van der Waals surface area (Å²) in [4.78, 5) is 4.44. The van der Waals surface area contributed by atoms with E-state index in [1.807, 2.05) is 24.4 Å². The topological polar surface area (TPSA) is 46.5 Å².